The van der Waals surface area contributed by atoms with E-state index in [0.29, 0.717) is 35.9 Å². The molecule has 0 radical (unpaired) electrons. The van der Waals surface area contributed by atoms with Gasteiger partial charge >= 0.3 is 0 Å². The van der Waals surface area contributed by atoms with Crippen LogP contribution in [-0.2, 0) is 11.8 Å². The number of aryl methyl sites for hydroxylation is 1. The van der Waals surface area contributed by atoms with Gasteiger partial charge in [-0.25, -0.2) is 18.7 Å². The number of benzene rings is 1. The van der Waals surface area contributed by atoms with E-state index in [2.05, 4.69) is 20.4 Å². The Labute approximate surface area is 200 Å². The van der Waals surface area contributed by atoms with Crippen molar-refractivity contribution in [1.29, 1.82) is 0 Å². The molecule has 0 spiro atoms. The van der Waals surface area contributed by atoms with Gasteiger partial charge in [-0.05, 0) is 36.6 Å². The molecule has 1 fully saturated rings. The molecule has 1 aliphatic heterocycles. The van der Waals surface area contributed by atoms with E-state index in [1.165, 1.54) is 22.8 Å². The predicted molar refractivity (Wildman–Crippen MR) is 126 cm³/mol. The van der Waals surface area contributed by atoms with E-state index in [1.807, 2.05) is 0 Å². The van der Waals surface area contributed by atoms with Crippen LogP contribution in [0.3, 0.4) is 0 Å². The molecular formula is C25H24F2N6O2. The van der Waals surface area contributed by atoms with Gasteiger partial charge in [0.1, 0.15) is 11.5 Å². The molecule has 0 bridgehead atoms. The largest absolute Gasteiger partial charge is 0.381 e. The van der Waals surface area contributed by atoms with Gasteiger partial charge in [-0.1, -0.05) is 12.1 Å². The zero-order chi connectivity index (χ0) is 24.4. The minimum absolute atomic E-state index is 0.0301. The fourth-order valence-electron chi connectivity index (χ4n) is 4.29. The van der Waals surface area contributed by atoms with Gasteiger partial charge in [-0.15, -0.1) is 0 Å². The summed E-state index contributed by atoms with van der Waals surface area (Å²) in [6.45, 7) is 1.29. The minimum atomic E-state index is -0.631. The van der Waals surface area contributed by atoms with E-state index in [4.69, 9.17) is 4.74 Å². The van der Waals surface area contributed by atoms with Crippen LogP contribution >= 0.6 is 0 Å². The van der Waals surface area contributed by atoms with Crippen LogP contribution in [0.15, 0.2) is 66.0 Å². The average molecular weight is 479 g/mol. The van der Waals surface area contributed by atoms with Gasteiger partial charge in [0.05, 0.1) is 18.4 Å². The highest BCUT2D eigenvalue weighted by Gasteiger charge is 2.21. The Hall–Kier alpha value is -3.92. The van der Waals surface area contributed by atoms with Crippen LogP contribution in [0.5, 0.6) is 0 Å². The van der Waals surface area contributed by atoms with Crippen LogP contribution in [0.25, 0.3) is 11.3 Å². The molecule has 1 unspecified atom stereocenters. The van der Waals surface area contributed by atoms with Gasteiger partial charge in [-0.2, -0.15) is 5.10 Å². The van der Waals surface area contributed by atoms with Crippen molar-refractivity contribution in [1.82, 2.24) is 24.3 Å². The second-order valence-electron chi connectivity index (χ2n) is 8.49. The van der Waals surface area contributed by atoms with Crippen LogP contribution in [0.2, 0.25) is 0 Å². The lowest BCUT2D eigenvalue weighted by atomic mass is 10.0. The van der Waals surface area contributed by atoms with E-state index < -0.39 is 23.2 Å². The van der Waals surface area contributed by atoms with Crippen molar-refractivity contribution in [3.05, 3.63) is 94.3 Å². The first-order valence-corrected chi connectivity index (χ1v) is 11.3. The lowest BCUT2D eigenvalue weighted by molar-refractivity contribution is 0.0903. The van der Waals surface area contributed by atoms with Crippen LogP contribution in [-0.4, -0.2) is 43.6 Å². The molecule has 4 aromatic rings. The summed E-state index contributed by atoms with van der Waals surface area (Å²) in [4.78, 5) is 21.6. The monoisotopic (exact) mass is 478 g/mol. The van der Waals surface area contributed by atoms with Crippen molar-refractivity contribution in [2.75, 3.05) is 18.5 Å². The third kappa shape index (κ3) is 4.97. The number of hydrogen-bond donors (Lipinski definition) is 1. The molecule has 1 atom stereocenters. The van der Waals surface area contributed by atoms with Crippen LogP contribution in [0, 0.1) is 11.6 Å². The molecule has 8 nitrogen and oxygen atoms in total. The third-order valence-electron chi connectivity index (χ3n) is 6.00. The fourth-order valence-corrected chi connectivity index (χ4v) is 4.29. The molecule has 1 aliphatic rings. The number of aromatic nitrogens is 5. The molecule has 1 saturated heterocycles. The Morgan fingerprint density at radius 3 is 2.66 bits per heavy atom. The molecule has 0 aliphatic carbocycles. The van der Waals surface area contributed by atoms with Crippen LogP contribution < -0.4 is 10.9 Å². The Morgan fingerprint density at radius 2 is 1.94 bits per heavy atom. The van der Waals surface area contributed by atoms with Crippen molar-refractivity contribution < 1.29 is 13.5 Å². The Morgan fingerprint density at radius 1 is 1.11 bits per heavy atom. The number of hydrogen-bond acceptors (Lipinski definition) is 6. The highest BCUT2D eigenvalue weighted by atomic mass is 19.1. The second-order valence-corrected chi connectivity index (χ2v) is 8.49. The highest BCUT2D eigenvalue weighted by molar-refractivity contribution is 5.60. The summed E-state index contributed by atoms with van der Waals surface area (Å²) in [5, 5.41) is 7.42. The van der Waals surface area contributed by atoms with E-state index in [-0.39, 0.29) is 11.7 Å². The first kappa shape index (κ1) is 22.9. The molecule has 4 heterocycles. The quantitative estimate of drug-likeness (QED) is 0.456. The topological polar surface area (TPSA) is 86.9 Å². The standard InChI is InChI=1S/C25H24F2N6O2/c1-32-15-18(13-29-32)24(17-3-2-4-19(26)11-17)33-8-5-16(12-22(33)34)23-21(27)14-28-25(31-23)30-20-6-9-35-10-7-20/h2-5,8,11-15,20,24H,6-7,9-10H2,1H3,(H,28,30,31). The van der Waals surface area contributed by atoms with E-state index in [0.717, 1.165) is 19.0 Å². The second kappa shape index (κ2) is 9.75. The number of pyridine rings is 1. The Balaban J connectivity index is 1.51. The van der Waals surface area contributed by atoms with E-state index >= 15 is 0 Å². The SMILES string of the molecule is Cn1cc(C(c2cccc(F)c2)n2ccc(-c3nc(NC4CCOCC4)ncc3F)cc2=O)cn1. The summed E-state index contributed by atoms with van der Waals surface area (Å²) < 4.78 is 37.1. The average Bonchev–Trinajstić information content (AvgIpc) is 3.28. The Bertz CT molecular complexity index is 1400. The zero-order valence-corrected chi connectivity index (χ0v) is 19.1. The molecule has 180 valence electrons. The molecule has 0 saturated carbocycles. The van der Waals surface area contributed by atoms with Crippen LogP contribution in [0.4, 0.5) is 14.7 Å². The van der Waals surface area contributed by atoms with E-state index in [1.54, 1.807) is 48.5 Å². The van der Waals surface area contributed by atoms with Gasteiger partial charge in [0, 0.05) is 55.9 Å². The number of nitrogens with zero attached hydrogens (tertiary/aromatic N) is 5. The van der Waals surface area contributed by atoms with Crippen LogP contribution in [0.1, 0.15) is 30.0 Å². The maximum atomic E-state index is 14.7. The number of halogens is 2. The van der Waals surface area contributed by atoms with Crippen molar-refractivity contribution in [3.8, 4) is 11.3 Å². The molecule has 3 aromatic heterocycles. The first-order valence-electron chi connectivity index (χ1n) is 11.3. The summed E-state index contributed by atoms with van der Waals surface area (Å²) in [7, 11) is 1.77. The maximum Gasteiger partial charge on any atom is 0.252 e. The summed E-state index contributed by atoms with van der Waals surface area (Å²) in [6, 6.07) is 8.55. The molecule has 10 heteroatoms. The summed E-state index contributed by atoms with van der Waals surface area (Å²) in [6.07, 6.45) is 7.68. The number of nitrogens with one attached hydrogen (secondary N) is 1. The molecule has 5 rings (SSSR count). The van der Waals surface area contributed by atoms with Gasteiger partial charge in [0.2, 0.25) is 5.95 Å². The normalized spacial score (nSPS) is 15.2. The number of rotatable bonds is 6. The highest BCUT2D eigenvalue weighted by Crippen LogP contribution is 2.27. The summed E-state index contributed by atoms with van der Waals surface area (Å²) in [5.74, 6) is -0.743. The minimum Gasteiger partial charge on any atom is -0.381 e. The number of anilines is 1. The van der Waals surface area contributed by atoms with Gasteiger partial charge in [0.15, 0.2) is 5.82 Å². The predicted octanol–water partition coefficient (Wildman–Crippen LogP) is 3.55. The third-order valence-corrected chi connectivity index (χ3v) is 6.00. The van der Waals surface area contributed by atoms with Gasteiger partial charge < -0.3 is 14.6 Å². The molecule has 0 amide bonds. The number of ether oxygens (including phenoxy) is 1. The first-order chi connectivity index (χ1) is 17.0. The summed E-state index contributed by atoms with van der Waals surface area (Å²) >= 11 is 0. The van der Waals surface area contributed by atoms with Gasteiger partial charge in [0.25, 0.3) is 5.56 Å². The molecule has 1 aromatic carbocycles. The van der Waals surface area contributed by atoms with Crippen molar-refractivity contribution in [2.45, 2.75) is 24.9 Å². The summed E-state index contributed by atoms with van der Waals surface area (Å²) in [5.41, 5.74) is 1.26. The maximum absolute atomic E-state index is 14.7. The van der Waals surface area contributed by atoms with Crippen molar-refractivity contribution >= 4 is 5.95 Å². The lowest BCUT2D eigenvalue weighted by Crippen LogP contribution is -2.28. The molecule has 1 N–H and O–H groups in total. The smallest absolute Gasteiger partial charge is 0.252 e. The molecular weight excluding hydrogens is 454 g/mol. The Kier molecular flexibility index (Phi) is 6.37. The van der Waals surface area contributed by atoms with Gasteiger partial charge in [-0.3, -0.25) is 9.48 Å². The molecule has 35 heavy (non-hydrogen) atoms. The lowest BCUT2D eigenvalue weighted by Gasteiger charge is -2.23. The zero-order valence-electron chi connectivity index (χ0n) is 19.1. The van der Waals surface area contributed by atoms with Crippen molar-refractivity contribution in [2.24, 2.45) is 7.05 Å². The van der Waals surface area contributed by atoms with Crippen molar-refractivity contribution in [3.63, 3.8) is 0 Å². The van der Waals surface area contributed by atoms with E-state index in [9.17, 15) is 13.6 Å². The fraction of sp³-hybridized carbons (Fsp3) is 0.280.